The Morgan fingerprint density at radius 2 is 2.25 bits per heavy atom. The summed E-state index contributed by atoms with van der Waals surface area (Å²) in [5.74, 6) is -0.177. The number of methoxy groups -OCH3 is 1. The molecule has 1 rings (SSSR count). The monoisotopic (exact) mass is 247 g/mol. The lowest BCUT2D eigenvalue weighted by Gasteiger charge is -2.17. The van der Waals surface area contributed by atoms with Gasteiger partial charge >= 0.3 is 0 Å². The Balaban J connectivity index is 3.27. The van der Waals surface area contributed by atoms with Crippen molar-refractivity contribution in [3.63, 3.8) is 0 Å². The van der Waals surface area contributed by atoms with Crippen LogP contribution in [0.25, 0.3) is 0 Å². The highest BCUT2D eigenvalue weighted by Gasteiger charge is 2.19. The first-order valence-electron chi connectivity index (χ1n) is 4.88. The van der Waals surface area contributed by atoms with Crippen molar-refractivity contribution in [3.05, 3.63) is 28.0 Å². The van der Waals surface area contributed by atoms with Crippen LogP contribution in [0.1, 0.15) is 17.2 Å². The van der Waals surface area contributed by atoms with Gasteiger partial charge in [0.15, 0.2) is 0 Å². The second kappa shape index (κ2) is 5.48. The van der Waals surface area contributed by atoms with Gasteiger partial charge in [0.1, 0.15) is 11.6 Å². The van der Waals surface area contributed by atoms with Crippen LogP contribution in [0.4, 0.5) is 4.39 Å². The van der Waals surface area contributed by atoms with E-state index < -0.39 is 11.9 Å². The molecule has 0 radical (unpaired) electrons. The summed E-state index contributed by atoms with van der Waals surface area (Å²) in [6.45, 7) is 1.91. The smallest absolute Gasteiger partial charge is 0.148 e. The average Bonchev–Trinajstić information content (AvgIpc) is 2.26. The van der Waals surface area contributed by atoms with Crippen LogP contribution in [0.5, 0.6) is 5.75 Å². The molecule has 1 aromatic rings. The first kappa shape index (κ1) is 13.2. The van der Waals surface area contributed by atoms with E-state index in [0.29, 0.717) is 23.4 Å². The molecule has 0 saturated heterocycles. The van der Waals surface area contributed by atoms with Gasteiger partial charge in [0.2, 0.25) is 0 Å². The summed E-state index contributed by atoms with van der Waals surface area (Å²) in [7, 11) is 3.15. The van der Waals surface area contributed by atoms with Crippen LogP contribution in [-0.2, 0) is 0 Å². The van der Waals surface area contributed by atoms with Crippen LogP contribution in [0.3, 0.4) is 0 Å². The van der Waals surface area contributed by atoms with E-state index in [1.807, 2.05) is 0 Å². The zero-order valence-corrected chi connectivity index (χ0v) is 10.2. The highest BCUT2D eigenvalue weighted by molar-refractivity contribution is 6.31. The van der Waals surface area contributed by atoms with E-state index in [2.05, 4.69) is 5.32 Å². The minimum Gasteiger partial charge on any atom is -0.496 e. The van der Waals surface area contributed by atoms with Gasteiger partial charge in [-0.15, -0.1) is 0 Å². The summed E-state index contributed by atoms with van der Waals surface area (Å²) in [6.07, 6.45) is -0.781. The molecular weight excluding hydrogens is 233 g/mol. The van der Waals surface area contributed by atoms with Crippen LogP contribution < -0.4 is 10.1 Å². The third kappa shape index (κ3) is 2.45. The van der Waals surface area contributed by atoms with Crippen LogP contribution in [0.2, 0.25) is 5.02 Å². The molecule has 0 aliphatic rings. The topological polar surface area (TPSA) is 41.5 Å². The molecule has 16 heavy (non-hydrogen) atoms. The number of halogens is 2. The number of nitrogens with one attached hydrogen (secondary N) is 1. The van der Waals surface area contributed by atoms with Gasteiger partial charge < -0.3 is 15.2 Å². The molecule has 0 aromatic heterocycles. The summed E-state index contributed by atoms with van der Waals surface area (Å²) in [6, 6.07) is 1.39. The molecule has 5 heteroatoms. The molecule has 0 saturated carbocycles. The van der Waals surface area contributed by atoms with E-state index in [-0.39, 0.29) is 5.02 Å². The number of aliphatic hydroxyl groups excluding tert-OH is 1. The van der Waals surface area contributed by atoms with Crippen molar-refractivity contribution in [2.75, 3.05) is 20.7 Å². The minimum absolute atomic E-state index is 0.0107. The molecule has 0 aliphatic heterocycles. The predicted molar refractivity (Wildman–Crippen MR) is 61.6 cm³/mol. The molecule has 2 N–H and O–H groups in total. The normalized spacial score (nSPS) is 12.6. The van der Waals surface area contributed by atoms with Crippen molar-refractivity contribution in [1.82, 2.24) is 5.32 Å². The maximum Gasteiger partial charge on any atom is 0.148 e. The number of rotatable bonds is 4. The summed E-state index contributed by atoms with van der Waals surface area (Å²) in [4.78, 5) is 0. The van der Waals surface area contributed by atoms with E-state index >= 15 is 0 Å². The standard InChI is InChI=1S/C11H15ClFNO2/c1-6-10(13)8(12)4-7(11(6)16-3)9(15)5-14-2/h4,9,14-15H,5H2,1-3H3. The van der Waals surface area contributed by atoms with Crippen molar-refractivity contribution in [1.29, 1.82) is 0 Å². The number of hydrogen-bond donors (Lipinski definition) is 2. The lowest BCUT2D eigenvalue weighted by atomic mass is 10.0. The third-order valence-corrected chi connectivity index (χ3v) is 2.66. The first-order valence-corrected chi connectivity index (χ1v) is 5.25. The van der Waals surface area contributed by atoms with Gasteiger partial charge in [-0.3, -0.25) is 0 Å². The molecular formula is C11H15ClFNO2. The maximum absolute atomic E-state index is 13.5. The third-order valence-electron chi connectivity index (χ3n) is 2.38. The quantitative estimate of drug-likeness (QED) is 0.856. The Kier molecular flexibility index (Phi) is 4.53. The number of benzene rings is 1. The average molecular weight is 248 g/mol. The number of hydrogen-bond acceptors (Lipinski definition) is 3. The fourth-order valence-electron chi connectivity index (χ4n) is 1.58. The Hall–Kier alpha value is -0.840. The molecule has 1 atom stereocenters. The van der Waals surface area contributed by atoms with Crippen molar-refractivity contribution in [2.24, 2.45) is 0 Å². The molecule has 0 fully saturated rings. The maximum atomic E-state index is 13.5. The van der Waals surface area contributed by atoms with E-state index in [0.717, 1.165) is 0 Å². The molecule has 90 valence electrons. The highest BCUT2D eigenvalue weighted by atomic mass is 35.5. The van der Waals surface area contributed by atoms with Gasteiger partial charge in [0.05, 0.1) is 18.2 Å². The predicted octanol–water partition coefficient (Wildman–Crippen LogP) is 2.05. The van der Waals surface area contributed by atoms with Gasteiger partial charge in [-0.2, -0.15) is 0 Å². The van der Waals surface area contributed by atoms with Crippen LogP contribution in [0.15, 0.2) is 6.07 Å². The lowest BCUT2D eigenvalue weighted by molar-refractivity contribution is 0.173. The summed E-state index contributed by atoms with van der Waals surface area (Å²) < 4.78 is 18.6. The molecule has 1 aromatic carbocycles. The summed E-state index contributed by atoms with van der Waals surface area (Å²) in [5.41, 5.74) is 0.793. The number of ether oxygens (including phenoxy) is 1. The molecule has 1 unspecified atom stereocenters. The molecule has 0 aliphatic carbocycles. The highest BCUT2D eigenvalue weighted by Crippen LogP contribution is 2.34. The Labute approximate surface area is 99.2 Å². The zero-order chi connectivity index (χ0) is 12.3. The van der Waals surface area contributed by atoms with E-state index in [9.17, 15) is 9.50 Å². The van der Waals surface area contributed by atoms with Crippen LogP contribution in [-0.4, -0.2) is 25.8 Å². The summed E-state index contributed by atoms with van der Waals surface area (Å²) >= 11 is 5.73. The summed E-state index contributed by atoms with van der Waals surface area (Å²) in [5, 5.41) is 12.7. The van der Waals surface area contributed by atoms with Crippen molar-refractivity contribution < 1.29 is 14.2 Å². The van der Waals surface area contributed by atoms with Gasteiger partial charge in [0.25, 0.3) is 0 Å². The van der Waals surface area contributed by atoms with Crippen molar-refractivity contribution in [3.8, 4) is 5.75 Å². The fraction of sp³-hybridized carbons (Fsp3) is 0.455. The largest absolute Gasteiger partial charge is 0.496 e. The second-order valence-corrected chi connectivity index (χ2v) is 3.90. The SMILES string of the molecule is CNCC(O)c1cc(Cl)c(F)c(C)c1OC. The van der Waals surface area contributed by atoms with Gasteiger partial charge in [-0.1, -0.05) is 11.6 Å². The van der Waals surface area contributed by atoms with E-state index in [1.165, 1.54) is 13.2 Å². The Morgan fingerprint density at radius 1 is 1.62 bits per heavy atom. The van der Waals surface area contributed by atoms with Crippen LogP contribution >= 0.6 is 11.6 Å². The lowest BCUT2D eigenvalue weighted by Crippen LogP contribution is -2.17. The minimum atomic E-state index is -0.781. The fourth-order valence-corrected chi connectivity index (χ4v) is 1.84. The Bertz CT molecular complexity index is 385. The molecule has 0 bridgehead atoms. The van der Waals surface area contributed by atoms with Gasteiger partial charge in [-0.25, -0.2) is 4.39 Å². The second-order valence-electron chi connectivity index (χ2n) is 3.49. The zero-order valence-electron chi connectivity index (χ0n) is 9.47. The number of aliphatic hydroxyl groups is 1. The van der Waals surface area contributed by atoms with Crippen molar-refractivity contribution in [2.45, 2.75) is 13.0 Å². The Morgan fingerprint density at radius 3 is 2.75 bits per heavy atom. The molecule has 3 nitrogen and oxygen atoms in total. The first-order chi connectivity index (χ1) is 7.52. The van der Waals surface area contributed by atoms with Gasteiger partial charge in [-0.05, 0) is 20.0 Å². The van der Waals surface area contributed by atoms with Crippen molar-refractivity contribution >= 4 is 11.6 Å². The molecule has 0 spiro atoms. The number of likely N-dealkylation sites (N-methyl/N-ethyl adjacent to an activating group) is 1. The van der Waals surface area contributed by atoms with Crippen LogP contribution in [0, 0.1) is 12.7 Å². The molecule has 0 amide bonds. The van der Waals surface area contributed by atoms with E-state index in [4.69, 9.17) is 16.3 Å². The molecule has 0 heterocycles. The van der Waals surface area contributed by atoms with E-state index in [1.54, 1.807) is 14.0 Å². The van der Waals surface area contributed by atoms with Gasteiger partial charge in [0, 0.05) is 17.7 Å².